The van der Waals surface area contributed by atoms with E-state index in [1.54, 1.807) is 24.5 Å². The molecule has 2 aliphatic rings. The summed E-state index contributed by atoms with van der Waals surface area (Å²) in [5.74, 6) is 0.609. The van der Waals surface area contributed by atoms with Gasteiger partial charge in [0.05, 0.1) is 27.4 Å². The van der Waals surface area contributed by atoms with Gasteiger partial charge in [-0.3, -0.25) is 9.97 Å². The van der Waals surface area contributed by atoms with Gasteiger partial charge in [-0.2, -0.15) is 12.5 Å². The molecule has 3 heterocycles. The normalized spacial score (nSPS) is 16.8. The van der Waals surface area contributed by atoms with Gasteiger partial charge in [-0.05, 0) is 62.6 Å². The lowest BCUT2D eigenvalue weighted by Gasteiger charge is -2.33. The third-order valence-electron chi connectivity index (χ3n) is 7.21. The lowest BCUT2D eigenvalue weighted by molar-refractivity contribution is 0.444. The van der Waals surface area contributed by atoms with Crippen LogP contribution in [0.15, 0.2) is 84.0 Å². The molecule has 3 aromatic heterocycles. The van der Waals surface area contributed by atoms with Gasteiger partial charge in [0.1, 0.15) is 0 Å². The molecule has 7 nitrogen and oxygen atoms in total. The number of nitrogens with zero attached hydrogens (tertiary/aromatic N) is 4. The van der Waals surface area contributed by atoms with Crippen LogP contribution in [-0.2, 0) is 21.9 Å². The van der Waals surface area contributed by atoms with Crippen LogP contribution < -0.4 is 5.32 Å². The van der Waals surface area contributed by atoms with E-state index >= 15 is 0 Å². The summed E-state index contributed by atoms with van der Waals surface area (Å²) in [6, 6.07) is 18.8. The highest BCUT2D eigenvalue weighted by molar-refractivity contribution is 7.89. The molecule has 0 unspecified atom stereocenters. The third kappa shape index (κ3) is 3.73. The molecule has 182 valence electrons. The van der Waals surface area contributed by atoms with Crippen LogP contribution in [0.25, 0.3) is 6.08 Å². The first-order valence-corrected chi connectivity index (χ1v) is 13.6. The summed E-state index contributed by atoms with van der Waals surface area (Å²) in [5, 5.41) is 8.15. The summed E-state index contributed by atoms with van der Waals surface area (Å²) in [5.41, 5.74) is 3.30. The van der Waals surface area contributed by atoms with Crippen molar-refractivity contribution in [1.82, 2.24) is 19.2 Å². The quantitative estimate of drug-likeness (QED) is 0.414. The van der Waals surface area contributed by atoms with E-state index in [-0.39, 0.29) is 4.90 Å². The lowest BCUT2D eigenvalue weighted by Crippen LogP contribution is -2.34. The average molecular weight is 498 g/mol. The number of aryl methyl sites for hydroxylation is 1. The van der Waals surface area contributed by atoms with E-state index in [9.17, 15) is 8.42 Å². The molecular weight excluding hydrogens is 470 g/mol. The summed E-state index contributed by atoms with van der Waals surface area (Å²) in [6.45, 7) is 1.94. The van der Waals surface area contributed by atoms with E-state index in [0.29, 0.717) is 24.0 Å². The first-order chi connectivity index (χ1) is 17.5. The van der Waals surface area contributed by atoms with Crippen LogP contribution in [0.2, 0.25) is 0 Å². The molecule has 36 heavy (non-hydrogen) atoms. The second-order valence-electron chi connectivity index (χ2n) is 9.55. The minimum Gasteiger partial charge on any atom is -0.365 e. The fourth-order valence-electron chi connectivity index (χ4n) is 4.93. The van der Waals surface area contributed by atoms with E-state index in [4.69, 9.17) is 0 Å². The maximum atomic E-state index is 13.9. The Morgan fingerprint density at radius 1 is 0.944 bits per heavy atom. The first kappa shape index (κ1) is 22.7. The number of pyridine rings is 2. The van der Waals surface area contributed by atoms with Crippen molar-refractivity contribution < 1.29 is 8.42 Å². The Morgan fingerprint density at radius 3 is 2.17 bits per heavy atom. The second-order valence-corrected chi connectivity index (χ2v) is 11.3. The SMILES string of the molecule is Cc1ccc(S(=O)(=O)n2nc(NC3CCC3)c3c2CC(c2ccccn2)(c2ccccn2)C=C3)cc1. The predicted molar refractivity (Wildman–Crippen MR) is 139 cm³/mol. The Balaban J connectivity index is 1.54. The van der Waals surface area contributed by atoms with E-state index in [1.165, 1.54) is 10.5 Å². The molecule has 2 aliphatic carbocycles. The molecule has 0 spiro atoms. The zero-order valence-electron chi connectivity index (χ0n) is 20.0. The zero-order valence-corrected chi connectivity index (χ0v) is 20.8. The molecule has 1 saturated carbocycles. The molecule has 4 aromatic rings. The average Bonchev–Trinajstić information content (AvgIpc) is 3.25. The summed E-state index contributed by atoms with van der Waals surface area (Å²) in [4.78, 5) is 9.56. The van der Waals surface area contributed by atoms with Crippen LogP contribution in [0.1, 0.15) is 47.5 Å². The molecule has 1 aromatic carbocycles. The predicted octanol–water partition coefficient (Wildman–Crippen LogP) is 4.74. The van der Waals surface area contributed by atoms with Crippen molar-refractivity contribution in [3.05, 3.63) is 107 Å². The summed E-state index contributed by atoms with van der Waals surface area (Å²) in [6.07, 6.45) is 11.2. The summed E-state index contributed by atoms with van der Waals surface area (Å²) in [7, 11) is -3.92. The second kappa shape index (κ2) is 8.71. The number of hydrogen-bond donors (Lipinski definition) is 1. The number of aromatic nitrogens is 4. The first-order valence-electron chi connectivity index (χ1n) is 12.2. The molecule has 0 saturated heterocycles. The minimum atomic E-state index is -3.92. The van der Waals surface area contributed by atoms with Gasteiger partial charge in [-0.15, -0.1) is 5.10 Å². The minimum absolute atomic E-state index is 0.212. The zero-order chi connectivity index (χ0) is 24.8. The van der Waals surface area contributed by atoms with Gasteiger partial charge in [0, 0.05) is 30.4 Å². The molecule has 8 heteroatoms. The lowest BCUT2D eigenvalue weighted by atomic mass is 9.73. The summed E-state index contributed by atoms with van der Waals surface area (Å²) >= 11 is 0. The van der Waals surface area contributed by atoms with Gasteiger partial charge in [-0.1, -0.05) is 42.0 Å². The van der Waals surface area contributed by atoms with E-state index in [1.807, 2.05) is 61.5 Å². The Bertz CT molecular complexity index is 1480. The van der Waals surface area contributed by atoms with Crippen molar-refractivity contribution in [1.29, 1.82) is 0 Å². The number of anilines is 1. The molecule has 1 N–H and O–H groups in total. The molecule has 6 rings (SSSR count). The third-order valence-corrected chi connectivity index (χ3v) is 8.83. The van der Waals surface area contributed by atoms with Crippen molar-refractivity contribution in [3.63, 3.8) is 0 Å². The molecule has 0 aliphatic heterocycles. The van der Waals surface area contributed by atoms with Crippen LogP contribution in [-0.4, -0.2) is 33.6 Å². The number of rotatable bonds is 6. The number of benzene rings is 1. The smallest absolute Gasteiger partial charge is 0.283 e. The van der Waals surface area contributed by atoms with Crippen molar-refractivity contribution >= 4 is 21.9 Å². The molecule has 0 amide bonds. The van der Waals surface area contributed by atoms with Crippen LogP contribution in [0.4, 0.5) is 5.82 Å². The highest BCUT2D eigenvalue weighted by Crippen LogP contribution is 2.43. The van der Waals surface area contributed by atoms with Crippen molar-refractivity contribution in [2.75, 3.05) is 5.32 Å². The largest absolute Gasteiger partial charge is 0.365 e. The molecule has 1 fully saturated rings. The van der Waals surface area contributed by atoms with Gasteiger partial charge < -0.3 is 5.32 Å². The van der Waals surface area contributed by atoms with Crippen LogP contribution in [0, 0.1) is 6.92 Å². The number of allylic oxidation sites excluding steroid dienone is 1. The number of hydrogen-bond acceptors (Lipinski definition) is 6. The van der Waals surface area contributed by atoms with Gasteiger partial charge in [0.15, 0.2) is 5.82 Å². The Kier molecular flexibility index (Phi) is 5.48. The maximum absolute atomic E-state index is 13.9. The van der Waals surface area contributed by atoms with Gasteiger partial charge in [-0.25, -0.2) is 0 Å². The van der Waals surface area contributed by atoms with Crippen molar-refractivity contribution in [2.45, 2.75) is 49.0 Å². The molecule has 0 bridgehead atoms. The van der Waals surface area contributed by atoms with Crippen molar-refractivity contribution in [3.8, 4) is 0 Å². The standard InChI is InChI=1S/C28H27N5O2S/c1-20-11-13-22(14-12-20)36(34,35)33-24-19-28(25-9-2-4-17-29-25,26-10-3-5-18-30-26)16-15-23(24)27(32-33)31-21-7-6-8-21/h2-5,9-18,21H,6-8,19H2,1H3,(H,31,32). The monoisotopic (exact) mass is 497 g/mol. The fraction of sp³-hybridized carbons (Fsp3) is 0.250. The van der Waals surface area contributed by atoms with E-state index < -0.39 is 15.4 Å². The highest BCUT2D eigenvalue weighted by Gasteiger charge is 2.42. The van der Waals surface area contributed by atoms with E-state index in [2.05, 4.69) is 26.5 Å². The number of nitrogens with one attached hydrogen (secondary N) is 1. The van der Waals surface area contributed by atoms with Crippen LogP contribution in [0.3, 0.4) is 0 Å². The van der Waals surface area contributed by atoms with Crippen LogP contribution in [0.5, 0.6) is 0 Å². The number of fused-ring (bicyclic) bond motifs is 1. The topological polar surface area (TPSA) is 89.8 Å². The molecule has 0 radical (unpaired) electrons. The Morgan fingerprint density at radius 2 is 1.61 bits per heavy atom. The fourth-order valence-corrected chi connectivity index (χ4v) is 6.25. The van der Waals surface area contributed by atoms with E-state index in [0.717, 1.165) is 35.4 Å². The van der Waals surface area contributed by atoms with Crippen molar-refractivity contribution in [2.24, 2.45) is 0 Å². The van der Waals surface area contributed by atoms with Gasteiger partial charge in [0.2, 0.25) is 0 Å². The van der Waals surface area contributed by atoms with Gasteiger partial charge in [0.25, 0.3) is 10.0 Å². The Labute approximate surface area is 211 Å². The van der Waals surface area contributed by atoms with Crippen LogP contribution >= 0.6 is 0 Å². The summed E-state index contributed by atoms with van der Waals surface area (Å²) < 4.78 is 29.0. The van der Waals surface area contributed by atoms with Gasteiger partial charge >= 0.3 is 0 Å². The molecule has 0 atom stereocenters. The highest BCUT2D eigenvalue weighted by atomic mass is 32.2. The Hall–Kier alpha value is -3.78. The maximum Gasteiger partial charge on any atom is 0.283 e. The molecular formula is C28H27N5O2S.